The number of aromatic nitrogens is 4. The Kier molecular flexibility index (Phi) is 3.58. The van der Waals surface area contributed by atoms with E-state index in [2.05, 4.69) is 20.3 Å². The summed E-state index contributed by atoms with van der Waals surface area (Å²) in [5.41, 5.74) is 2.98. The summed E-state index contributed by atoms with van der Waals surface area (Å²) in [6.45, 7) is 0. The Bertz CT molecular complexity index is 1160. The van der Waals surface area contributed by atoms with E-state index in [0.29, 0.717) is 16.4 Å². The average molecular weight is 383 g/mol. The summed E-state index contributed by atoms with van der Waals surface area (Å²) in [5, 5.41) is 11.0. The van der Waals surface area contributed by atoms with Crippen LogP contribution in [-0.4, -0.2) is 25.9 Å². The lowest BCUT2D eigenvalue weighted by molar-refractivity contribution is 0.0837. The van der Waals surface area contributed by atoms with Crippen LogP contribution >= 0.6 is 11.6 Å². The van der Waals surface area contributed by atoms with Gasteiger partial charge in [0.1, 0.15) is 23.6 Å². The zero-order valence-electron chi connectivity index (χ0n) is 13.8. The Labute approximate surface area is 157 Å². The van der Waals surface area contributed by atoms with Crippen LogP contribution in [0.2, 0.25) is 5.02 Å². The molecule has 3 aromatic heterocycles. The first-order valence-electron chi connectivity index (χ1n) is 8.09. The van der Waals surface area contributed by atoms with Gasteiger partial charge in [0.15, 0.2) is 0 Å². The van der Waals surface area contributed by atoms with Crippen LogP contribution in [-0.2, 0) is 4.84 Å². The number of aromatic amines is 1. The molecule has 0 radical (unpaired) electrons. The molecule has 1 unspecified atom stereocenters. The van der Waals surface area contributed by atoms with Crippen LogP contribution < -0.4 is 4.90 Å². The van der Waals surface area contributed by atoms with Gasteiger partial charge in [0, 0.05) is 28.5 Å². The van der Waals surface area contributed by atoms with E-state index < -0.39 is 12.0 Å². The molecule has 1 N–H and O–H groups in total. The number of H-pyrrole nitrogens is 1. The number of halogens is 2. The van der Waals surface area contributed by atoms with Gasteiger partial charge in [-0.2, -0.15) is 5.10 Å². The van der Waals surface area contributed by atoms with Gasteiger partial charge in [-0.15, -0.1) is 0 Å². The monoisotopic (exact) mass is 382 g/mol. The van der Waals surface area contributed by atoms with Crippen molar-refractivity contribution in [2.24, 2.45) is 5.16 Å². The molecule has 4 aromatic rings. The Morgan fingerprint density at radius 1 is 1.15 bits per heavy atom. The molecule has 0 bridgehead atoms. The van der Waals surface area contributed by atoms with Gasteiger partial charge in [-0.25, -0.2) is 9.37 Å². The first-order chi connectivity index (χ1) is 13.2. The van der Waals surface area contributed by atoms with Crippen molar-refractivity contribution < 1.29 is 9.23 Å². The van der Waals surface area contributed by atoms with Crippen LogP contribution in [0.3, 0.4) is 0 Å². The van der Waals surface area contributed by atoms with Gasteiger partial charge in [0.2, 0.25) is 6.23 Å². The number of pyridine rings is 1. The number of imidazole rings is 1. The summed E-state index contributed by atoms with van der Waals surface area (Å²) in [6, 6.07) is 8.32. The second kappa shape index (κ2) is 6.10. The molecule has 1 aromatic carbocycles. The van der Waals surface area contributed by atoms with Gasteiger partial charge in [0.05, 0.1) is 18.0 Å². The molecule has 0 amide bonds. The molecule has 1 atom stereocenters. The normalized spacial score (nSPS) is 16.2. The Hall–Kier alpha value is -3.39. The average Bonchev–Trinajstić information content (AvgIpc) is 3.41. The van der Waals surface area contributed by atoms with Crippen LogP contribution in [0, 0.1) is 5.82 Å². The van der Waals surface area contributed by atoms with Crippen molar-refractivity contribution in [2.45, 2.75) is 6.23 Å². The summed E-state index contributed by atoms with van der Waals surface area (Å²) < 4.78 is 16.3. The van der Waals surface area contributed by atoms with Crippen molar-refractivity contribution in [1.82, 2.24) is 19.6 Å². The highest BCUT2D eigenvalue weighted by Gasteiger charge is 2.30. The molecule has 4 heterocycles. The molecule has 0 saturated carbocycles. The van der Waals surface area contributed by atoms with Crippen molar-refractivity contribution in [3.05, 3.63) is 71.5 Å². The van der Waals surface area contributed by atoms with Gasteiger partial charge < -0.3 is 4.84 Å². The minimum Gasteiger partial charge on any atom is -0.363 e. The number of rotatable bonds is 3. The third-order valence-corrected chi connectivity index (χ3v) is 4.63. The van der Waals surface area contributed by atoms with Crippen molar-refractivity contribution in [1.29, 1.82) is 0 Å². The summed E-state index contributed by atoms with van der Waals surface area (Å²) in [7, 11) is 0. The van der Waals surface area contributed by atoms with E-state index in [1.165, 1.54) is 12.4 Å². The maximum atomic E-state index is 14.4. The van der Waals surface area contributed by atoms with E-state index in [0.717, 1.165) is 16.8 Å². The molecule has 0 spiro atoms. The highest BCUT2D eigenvalue weighted by atomic mass is 35.5. The first-order valence-corrected chi connectivity index (χ1v) is 8.47. The number of nitrogens with zero attached hydrogens (tertiary/aromatic N) is 5. The fourth-order valence-electron chi connectivity index (χ4n) is 3.07. The quantitative estimate of drug-likeness (QED) is 0.581. The highest BCUT2D eigenvalue weighted by Crippen LogP contribution is 2.34. The smallest absolute Gasteiger partial charge is 0.235 e. The fraction of sp³-hybridized carbons (Fsp3) is 0.0556. The molecular formula is C18H12ClFN6O. The van der Waals surface area contributed by atoms with E-state index in [1.807, 2.05) is 28.9 Å². The molecular weight excluding hydrogens is 371 g/mol. The second-order valence-electron chi connectivity index (χ2n) is 6.00. The minimum atomic E-state index is -0.750. The Morgan fingerprint density at radius 2 is 2.07 bits per heavy atom. The molecule has 1 aliphatic rings. The Morgan fingerprint density at radius 3 is 2.89 bits per heavy atom. The van der Waals surface area contributed by atoms with E-state index in [-0.39, 0.29) is 0 Å². The van der Waals surface area contributed by atoms with Gasteiger partial charge in [0.25, 0.3) is 0 Å². The van der Waals surface area contributed by atoms with Gasteiger partial charge in [-0.05, 0) is 30.3 Å². The summed E-state index contributed by atoms with van der Waals surface area (Å²) in [5.74, 6) is 0.229. The number of benzene rings is 1. The lowest BCUT2D eigenvalue weighted by Gasteiger charge is -2.22. The predicted octanol–water partition coefficient (Wildman–Crippen LogP) is 4.00. The maximum Gasteiger partial charge on any atom is 0.235 e. The number of oxime groups is 1. The number of fused-ring (bicyclic) bond motifs is 1. The number of hydrogen-bond donors (Lipinski definition) is 1. The SMILES string of the molecule is Fc1cc(Cl)ccc1C1ON=CN1c1cnc2ccc(-c3cn[nH]c3)cn12. The van der Waals surface area contributed by atoms with Crippen LogP contribution in [0.5, 0.6) is 0 Å². The zero-order valence-corrected chi connectivity index (χ0v) is 14.5. The molecule has 9 heteroatoms. The van der Waals surface area contributed by atoms with E-state index in [9.17, 15) is 4.39 Å². The number of anilines is 1. The largest absolute Gasteiger partial charge is 0.363 e. The van der Waals surface area contributed by atoms with Crippen molar-refractivity contribution in [2.75, 3.05) is 4.90 Å². The lowest BCUT2D eigenvalue weighted by atomic mass is 10.1. The minimum absolute atomic E-state index is 0.321. The number of nitrogens with one attached hydrogen (secondary N) is 1. The summed E-state index contributed by atoms with van der Waals surface area (Å²) in [4.78, 5) is 11.5. The van der Waals surface area contributed by atoms with Crippen LogP contribution in [0.15, 0.2) is 60.3 Å². The van der Waals surface area contributed by atoms with Crippen molar-refractivity contribution >= 4 is 29.4 Å². The standard InChI is InChI=1S/C18H12ClFN6O/c19-13-2-3-14(15(20)5-13)18-26(10-24-27-18)17-8-21-16-4-1-11(9-25(16)17)12-6-22-23-7-12/h1-10,18H,(H,22,23). The number of hydrogen-bond acceptors (Lipinski definition) is 5. The van der Waals surface area contributed by atoms with Gasteiger partial charge in [-0.1, -0.05) is 16.8 Å². The highest BCUT2D eigenvalue weighted by molar-refractivity contribution is 6.30. The van der Waals surface area contributed by atoms with Crippen molar-refractivity contribution in [3.63, 3.8) is 0 Å². The third-order valence-electron chi connectivity index (χ3n) is 4.40. The molecule has 5 rings (SSSR count). The van der Waals surface area contributed by atoms with Gasteiger partial charge >= 0.3 is 0 Å². The molecule has 134 valence electrons. The molecule has 0 saturated heterocycles. The van der Waals surface area contributed by atoms with Crippen LogP contribution in [0.4, 0.5) is 10.2 Å². The van der Waals surface area contributed by atoms with E-state index in [4.69, 9.17) is 16.4 Å². The third kappa shape index (κ3) is 2.61. The molecule has 0 aliphatic carbocycles. The topological polar surface area (TPSA) is 70.8 Å². The summed E-state index contributed by atoms with van der Waals surface area (Å²) in [6.07, 6.45) is 7.93. The maximum absolute atomic E-state index is 14.4. The first kappa shape index (κ1) is 15.8. The lowest BCUT2D eigenvalue weighted by Crippen LogP contribution is -2.25. The zero-order chi connectivity index (χ0) is 18.4. The van der Waals surface area contributed by atoms with Crippen LogP contribution in [0.1, 0.15) is 11.8 Å². The predicted molar refractivity (Wildman–Crippen MR) is 99.0 cm³/mol. The molecule has 0 fully saturated rings. The fourth-order valence-corrected chi connectivity index (χ4v) is 3.23. The van der Waals surface area contributed by atoms with Crippen molar-refractivity contribution in [3.8, 4) is 11.1 Å². The van der Waals surface area contributed by atoms with E-state index in [1.54, 1.807) is 29.4 Å². The Balaban J connectivity index is 1.59. The summed E-state index contributed by atoms with van der Waals surface area (Å²) >= 11 is 5.86. The molecule has 27 heavy (non-hydrogen) atoms. The molecule has 1 aliphatic heterocycles. The molecule has 7 nitrogen and oxygen atoms in total. The second-order valence-corrected chi connectivity index (χ2v) is 6.44. The van der Waals surface area contributed by atoms with Gasteiger partial charge in [-0.3, -0.25) is 14.4 Å². The van der Waals surface area contributed by atoms with E-state index >= 15 is 0 Å². The van der Waals surface area contributed by atoms with Crippen LogP contribution in [0.25, 0.3) is 16.8 Å².